The highest BCUT2D eigenvalue weighted by Gasteiger charge is 2.12. The van der Waals surface area contributed by atoms with Gasteiger partial charge in [-0.05, 0) is 19.1 Å². The molecule has 1 aromatic carbocycles. The smallest absolute Gasteiger partial charge is 0.275 e. The molecule has 0 aliphatic rings. The molecule has 2 aromatic rings. The largest absolute Gasteiger partial charge is 0.370 e. The van der Waals surface area contributed by atoms with Crippen molar-refractivity contribution in [3.63, 3.8) is 0 Å². The maximum absolute atomic E-state index is 10.9. The molecule has 0 unspecified atom stereocenters. The Morgan fingerprint density at radius 1 is 1.37 bits per heavy atom. The molecular weight excluding hydrogens is 310 g/mol. The zero-order valence-corrected chi connectivity index (χ0v) is 11.8. The maximum Gasteiger partial charge on any atom is 0.275 e. The van der Waals surface area contributed by atoms with Crippen LogP contribution in [0.3, 0.4) is 0 Å². The molecule has 0 aliphatic heterocycles. The van der Waals surface area contributed by atoms with Gasteiger partial charge in [0, 0.05) is 22.6 Å². The summed E-state index contributed by atoms with van der Waals surface area (Å²) in [5.41, 5.74) is 1.43. The Balaban J connectivity index is 2.52. The monoisotopic (exact) mass is 321 g/mol. The average Bonchev–Trinajstić information content (AvgIpc) is 2.38. The van der Waals surface area contributed by atoms with Gasteiger partial charge in [-0.25, -0.2) is 4.98 Å². The second-order valence-electron chi connectivity index (χ2n) is 3.89. The van der Waals surface area contributed by atoms with Crippen LogP contribution in [-0.4, -0.2) is 16.5 Å². The van der Waals surface area contributed by atoms with Crippen LogP contribution in [0.25, 0.3) is 11.3 Å². The van der Waals surface area contributed by atoms with E-state index in [0.29, 0.717) is 18.1 Å². The Bertz CT molecular complexity index is 617. The summed E-state index contributed by atoms with van der Waals surface area (Å²) in [5, 5.41) is 13.9. The fraction of sp³-hybridized carbons (Fsp3) is 0.154. The summed E-state index contributed by atoms with van der Waals surface area (Å²) < 4.78 is 0.906. The highest BCUT2D eigenvalue weighted by atomic mass is 79.9. The normalized spacial score (nSPS) is 10.2. The molecule has 0 spiro atoms. The lowest BCUT2D eigenvalue weighted by atomic mass is 10.1. The van der Waals surface area contributed by atoms with E-state index in [0.717, 1.165) is 10.0 Å². The van der Waals surface area contributed by atoms with Crippen molar-refractivity contribution >= 4 is 27.4 Å². The van der Waals surface area contributed by atoms with Gasteiger partial charge in [-0.1, -0.05) is 28.1 Å². The Labute approximate surface area is 119 Å². The summed E-state index contributed by atoms with van der Waals surface area (Å²) >= 11 is 3.38. The third kappa shape index (κ3) is 3.29. The highest BCUT2D eigenvalue weighted by Crippen LogP contribution is 2.26. The van der Waals surface area contributed by atoms with Crippen molar-refractivity contribution in [1.29, 1.82) is 0 Å². The van der Waals surface area contributed by atoms with E-state index in [-0.39, 0.29) is 5.69 Å². The molecular formula is C13H12BrN3O2. The standard InChI is InChI=1S/C13H12BrN3O2/c1-2-15-13-8-11(17(18)19)7-12(16-13)9-4-3-5-10(14)6-9/h3-8H,2H2,1H3,(H,15,16). The van der Waals surface area contributed by atoms with Crippen molar-refractivity contribution in [3.8, 4) is 11.3 Å². The second-order valence-corrected chi connectivity index (χ2v) is 4.81. The van der Waals surface area contributed by atoms with Gasteiger partial charge in [0.2, 0.25) is 0 Å². The van der Waals surface area contributed by atoms with Crippen molar-refractivity contribution in [1.82, 2.24) is 4.98 Å². The SMILES string of the molecule is CCNc1cc([N+](=O)[O-])cc(-c2cccc(Br)c2)n1. The lowest BCUT2D eigenvalue weighted by molar-refractivity contribution is -0.384. The fourth-order valence-corrected chi connectivity index (χ4v) is 2.09. The molecule has 0 saturated carbocycles. The van der Waals surface area contributed by atoms with E-state index in [9.17, 15) is 10.1 Å². The number of rotatable bonds is 4. The van der Waals surface area contributed by atoms with Crippen molar-refractivity contribution in [2.24, 2.45) is 0 Å². The molecule has 0 bridgehead atoms. The molecule has 2 rings (SSSR count). The minimum absolute atomic E-state index is 0.0286. The van der Waals surface area contributed by atoms with E-state index in [2.05, 4.69) is 26.2 Å². The number of aromatic nitrogens is 1. The molecule has 0 atom stereocenters. The topological polar surface area (TPSA) is 68.1 Å². The molecule has 19 heavy (non-hydrogen) atoms. The minimum atomic E-state index is -0.413. The van der Waals surface area contributed by atoms with Gasteiger partial charge >= 0.3 is 0 Å². The van der Waals surface area contributed by atoms with Crippen LogP contribution in [0.2, 0.25) is 0 Å². The molecule has 1 heterocycles. The molecule has 98 valence electrons. The van der Waals surface area contributed by atoms with Gasteiger partial charge in [0.1, 0.15) is 5.82 Å². The lowest BCUT2D eigenvalue weighted by Crippen LogP contribution is -2.01. The maximum atomic E-state index is 10.9. The molecule has 0 amide bonds. The number of pyridine rings is 1. The van der Waals surface area contributed by atoms with Crippen LogP contribution in [0.15, 0.2) is 40.9 Å². The van der Waals surface area contributed by atoms with Crippen LogP contribution in [0.1, 0.15) is 6.92 Å². The first-order valence-corrected chi connectivity index (χ1v) is 6.55. The first-order valence-electron chi connectivity index (χ1n) is 5.76. The Hall–Kier alpha value is -1.95. The summed E-state index contributed by atoms with van der Waals surface area (Å²) in [7, 11) is 0. The van der Waals surface area contributed by atoms with Gasteiger partial charge in [0.05, 0.1) is 16.7 Å². The van der Waals surface area contributed by atoms with Crippen LogP contribution in [0.4, 0.5) is 11.5 Å². The van der Waals surface area contributed by atoms with Gasteiger partial charge in [-0.3, -0.25) is 10.1 Å². The van der Waals surface area contributed by atoms with Crippen molar-refractivity contribution < 1.29 is 4.92 Å². The summed E-state index contributed by atoms with van der Waals surface area (Å²) in [6.45, 7) is 2.57. The molecule has 0 radical (unpaired) electrons. The Kier molecular flexibility index (Phi) is 4.11. The Morgan fingerprint density at radius 2 is 2.16 bits per heavy atom. The zero-order chi connectivity index (χ0) is 13.8. The summed E-state index contributed by atoms with van der Waals surface area (Å²) in [6.07, 6.45) is 0. The molecule has 1 N–H and O–H groups in total. The number of benzene rings is 1. The van der Waals surface area contributed by atoms with E-state index in [1.165, 1.54) is 12.1 Å². The first kappa shape index (κ1) is 13.5. The molecule has 0 fully saturated rings. The number of hydrogen-bond donors (Lipinski definition) is 1. The van der Waals surface area contributed by atoms with E-state index in [4.69, 9.17) is 0 Å². The number of nitro groups is 1. The van der Waals surface area contributed by atoms with Gasteiger partial charge in [0.15, 0.2) is 0 Å². The zero-order valence-electron chi connectivity index (χ0n) is 10.3. The van der Waals surface area contributed by atoms with Crippen molar-refractivity contribution in [3.05, 3.63) is 51.0 Å². The van der Waals surface area contributed by atoms with Crippen LogP contribution in [0, 0.1) is 10.1 Å². The average molecular weight is 322 g/mol. The summed E-state index contributed by atoms with van der Waals surface area (Å²) in [5.74, 6) is 0.506. The lowest BCUT2D eigenvalue weighted by Gasteiger charge is -2.06. The molecule has 1 aromatic heterocycles. The summed E-state index contributed by atoms with van der Waals surface area (Å²) in [4.78, 5) is 14.9. The van der Waals surface area contributed by atoms with Gasteiger partial charge in [-0.2, -0.15) is 0 Å². The Morgan fingerprint density at radius 3 is 2.79 bits per heavy atom. The quantitative estimate of drug-likeness (QED) is 0.686. The number of nitrogens with one attached hydrogen (secondary N) is 1. The number of halogens is 1. The second kappa shape index (κ2) is 5.79. The minimum Gasteiger partial charge on any atom is -0.370 e. The van der Waals surface area contributed by atoms with Crippen LogP contribution in [-0.2, 0) is 0 Å². The predicted octanol–water partition coefficient (Wildman–Crippen LogP) is 3.85. The highest BCUT2D eigenvalue weighted by molar-refractivity contribution is 9.10. The molecule has 0 aliphatic carbocycles. The third-order valence-electron chi connectivity index (χ3n) is 2.50. The van der Waals surface area contributed by atoms with Crippen molar-refractivity contribution in [2.45, 2.75) is 6.92 Å². The van der Waals surface area contributed by atoms with Crippen molar-refractivity contribution in [2.75, 3.05) is 11.9 Å². The number of hydrogen-bond acceptors (Lipinski definition) is 4. The van der Waals surface area contributed by atoms with E-state index < -0.39 is 4.92 Å². The van der Waals surface area contributed by atoms with Crippen LogP contribution >= 0.6 is 15.9 Å². The van der Waals surface area contributed by atoms with Gasteiger partial charge in [-0.15, -0.1) is 0 Å². The number of anilines is 1. The molecule has 6 heteroatoms. The fourth-order valence-electron chi connectivity index (χ4n) is 1.69. The summed E-state index contributed by atoms with van der Waals surface area (Å²) in [6, 6.07) is 10.4. The van der Waals surface area contributed by atoms with E-state index in [1.54, 1.807) is 0 Å². The number of nitrogens with zero attached hydrogens (tertiary/aromatic N) is 2. The van der Waals surface area contributed by atoms with Gasteiger partial charge < -0.3 is 5.32 Å². The van der Waals surface area contributed by atoms with Crippen LogP contribution in [0.5, 0.6) is 0 Å². The van der Waals surface area contributed by atoms with E-state index >= 15 is 0 Å². The van der Waals surface area contributed by atoms with E-state index in [1.807, 2.05) is 31.2 Å². The molecule has 5 nitrogen and oxygen atoms in total. The van der Waals surface area contributed by atoms with Gasteiger partial charge in [0.25, 0.3) is 5.69 Å². The van der Waals surface area contributed by atoms with Crippen LogP contribution < -0.4 is 5.32 Å². The first-order chi connectivity index (χ1) is 9.10. The third-order valence-corrected chi connectivity index (χ3v) is 2.99. The predicted molar refractivity (Wildman–Crippen MR) is 78.2 cm³/mol. The molecule has 0 saturated heterocycles.